The predicted octanol–water partition coefficient (Wildman–Crippen LogP) is 1.76. The Bertz CT molecular complexity index is 1100. The molecule has 0 saturated carbocycles. The molecular formula is C21H17B2NO. The van der Waals surface area contributed by atoms with Gasteiger partial charge in [-0.25, -0.2) is 0 Å². The minimum absolute atomic E-state index is 0.147. The fourth-order valence-electron chi connectivity index (χ4n) is 3.76. The van der Waals surface area contributed by atoms with Crippen LogP contribution in [0, 0.1) is 0 Å². The first kappa shape index (κ1) is 14.5. The topological polar surface area (TPSA) is 14.2 Å². The highest BCUT2D eigenvalue weighted by atomic mass is 16.5. The molecule has 1 aromatic heterocycles. The number of hydrogen-bond acceptors (Lipinski definition) is 1. The van der Waals surface area contributed by atoms with Crippen LogP contribution < -0.4 is 15.7 Å². The molecule has 0 fully saturated rings. The highest BCUT2D eigenvalue weighted by Crippen LogP contribution is 2.43. The molecule has 3 aromatic carbocycles. The Balaban J connectivity index is 1.84. The van der Waals surface area contributed by atoms with Gasteiger partial charge in [-0.3, -0.25) is 0 Å². The van der Waals surface area contributed by atoms with Crippen molar-refractivity contribution < 1.29 is 4.74 Å². The second-order valence-electron chi connectivity index (χ2n) is 6.84. The van der Waals surface area contributed by atoms with E-state index in [0.717, 1.165) is 16.9 Å². The summed E-state index contributed by atoms with van der Waals surface area (Å²) in [5, 5.41) is 1.26. The van der Waals surface area contributed by atoms with E-state index in [9.17, 15) is 0 Å². The fourth-order valence-corrected chi connectivity index (χ4v) is 3.76. The largest absolute Gasteiger partial charge is 0.465 e. The molecule has 1 aliphatic heterocycles. The van der Waals surface area contributed by atoms with E-state index in [1.165, 1.54) is 27.5 Å². The van der Waals surface area contributed by atoms with E-state index in [4.69, 9.17) is 4.74 Å². The van der Waals surface area contributed by atoms with E-state index < -0.39 is 0 Å². The van der Waals surface area contributed by atoms with Gasteiger partial charge in [-0.15, -0.1) is 0 Å². The van der Waals surface area contributed by atoms with Crippen molar-refractivity contribution in [3.05, 3.63) is 78.4 Å². The third-order valence-electron chi connectivity index (χ3n) is 4.97. The van der Waals surface area contributed by atoms with Gasteiger partial charge in [0.1, 0.15) is 21.4 Å². The van der Waals surface area contributed by atoms with E-state index in [0.29, 0.717) is 0 Å². The van der Waals surface area contributed by atoms with Crippen LogP contribution in [0.1, 0.15) is 11.8 Å². The highest BCUT2D eigenvalue weighted by molar-refractivity contribution is 6.33. The molecule has 1 atom stereocenters. The lowest BCUT2D eigenvalue weighted by atomic mass is 9.93. The molecule has 0 N–H and O–H groups in total. The molecule has 4 aromatic rings. The SMILES string of the molecule is Bc1ccc2c(c1)O[C@@H](c1ccccc1)n1c-2cc2cc(B)ccc21. The van der Waals surface area contributed by atoms with E-state index in [1.54, 1.807) is 0 Å². The molecule has 4 heteroatoms. The molecule has 0 bridgehead atoms. The molecule has 2 nitrogen and oxygen atoms in total. The Morgan fingerprint density at radius 2 is 1.56 bits per heavy atom. The van der Waals surface area contributed by atoms with Crippen molar-refractivity contribution in [2.45, 2.75) is 6.23 Å². The molecule has 1 aliphatic rings. The highest BCUT2D eigenvalue weighted by Gasteiger charge is 2.28. The number of aromatic nitrogens is 1. The van der Waals surface area contributed by atoms with Crippen molar-refractivity contribution in [3.8, 4) is 17.0 Å². The van der Waals surface area contributed by atoms with Crippen molar-refractivity contribution in [2.75, 3.05) is 0 Å². The lowest BCUT2D eigenvalue weighted by Gasteiger charge is -2.30. The molecule has 118 valence electrons. The Labute approximate surface area is 148 Å². The van der Waals surface area contributed by atoms with Crippen molar-refractivity contribution >= 4 is 37.5 Å². The van der Waals surface area contributed by atoms with Gasteiger partial charge in [0.25, 0.3) is 0 Å². The fraction of sp³-hybridized carbons (Fsp3) is 0.0476. The minimum Gasteiger partial charge on any atom is -0.465 e. The number of nitrogens with zero attached hydrogens (tertiary/aromatic N) is 1. The van der Waals surface area contributed by atoms with Crippen molar-refractivity contribution in [2.24, 2.45) is 0 Å². The van der Waals surface area contributed by atoms with E-state index in [-0.39, 0.29) is 6.23 Å². The third-order valence-corrected chi connectivity index (χ3v) is 4.97. The van der Waals surface area contributed by atoms with E-state index in [2.05, 4.69) is 87.0 Å². The van der Waals surface area contributed by atoms with Crippen LogP contribution in [-0.4, -0.2) is 20.3 Å². The molecule has 0 amide bonds. The molecule has 2 heterocycles. The summed E-state index contributed by atoms with van der Waals surface area (Å²) in [5.41, 5.74) is 7.24. The van der Waals surface area contributed by atoms with E-state index in [1.807, 2.05) is 6.07 Å². The zero-order chi connectivity index (χ0) is 17.0. The second kappa shape index (κ2) is 5.32. The van der Waals surface area contributed by atoms with Crippen LogP contribution in [0.3, 0.4) is 0 Å². The molecule has 25 heavy (non-hydrogen) atoms. The van der Waals surface area contributed by atoms with Gasteiger partial charge < -0.3 is 9.30 Å². The summed E-state index contributed by atoms with van der Waals surface area (Å²) in [5.74, 6) is 0.959. The molecule has 0 spiro atoms. The first-order valence-electron chi connectivity index (χ1n) is 8.65. The van der Waals surface area contributed by atoms with Crippen LogP contribution in [0.25, 0.3) is 22.2 Å². The lowest BCUT2D eigenvalue weighted by Crippen LogP contribution is -2.23. The van der Waals surface area contributed by atoms with Gasteiger partial charge in [0.05, 0.1) is 11.2 Å². The molecule has 0 radical (unpaired) electrons. The minimum atomic E-state index is -0.147. The maximum atomic E-state index is 6.48. The monoisotopic (exact) mass is 321 g/mol. The normalized spacial score (nSPS) is 15.4. The molecular weight excluding hydrogens is 304 g/mol. The average Bonchev–Trinajstić information content (AvgIpc) is 3.00. The Kier molecular flexibility index (Phi) is 3.08. The van der Waals surface area contributed by atoms with Crippen LogP contribution in [0.2, 0.25) is 0 Å². The summed E-state index contributed by atoms with van der Waals surface area (Å²) in [6.07, 6.45) is -0.147. The Morgan fingerprint density at radius 1 is 0.800 bits per heavy atom. The quantitative estimate of drug-likeness (QED) is 0.488. The number of hydrogen-bond donors (Lipinski definition) is 0. The Morgan fingerprint density at radius 3 is 2.40 bits per heavy atom. The predicted molar refractivity (Wildman–Crippen MR) is 109 cm³/mol. The number of benzene rings is 3. The van der Waals surface area contributed by atoms with Gasteiger partial charge in [0, 0.05) is 11.1 Å². The van der Waals surface area contributed by atoms with Gasteiger partial charge in [-0.2, -0.15) is 0 Å². The summed E-state index contributed by atoms with van der Waals surface area (Å²) < 4.78 is 8.81. The zero-order valence-electron chi connectivity index (χ0n) is 14.4. The molecule has 0 unspecified atom stereocenters. The number of ether oxygens (including phenoxy) is 1. The van der Waals surface area contributed by atoms with Gasteiger partial charge in [0.2, 0.25) is 6.23 Å². The van der Waals surface area contributed by atoms with Gasteiger partial charge in [-0.05, 0) is 29.7 Å². The van der Waals surface area contributed by atoms with Gasteiger partial charge in [-0.1, -0.05) is 59.5 Å². The van der Waals surface area contributed by atoms with Crippen LogP contribution >= 0.6 is 0 Å². The van der Waals surface area contributed by atoms with Crippen LogP contribution in [0.5, 0.6) is 5.75 Å². The summed E-state index contributed by atoms with van der Waals surface area (Å²) in [6, 6.07) is 25.8. The maximum Gasteiger partial charge on any atom is 0.203 e. The first-order valence-corrected chi connectivity index (χ1v) is 8.65. The summed E-state index contributed by atoms with van der Waals surface area (Å²) in [6.45, 7) is 0. The Hall–Kier alpha value is -2.87. The average molecular weight is 321 g/mol. The summed E-state index contributed by atoms with van der Waals surface area (Å²) >= 11 is 0. The number of rotatable bonds is 1. The standard InChI is InChI=1S/C21H17B2NO/c22-15-7-9-18-14(10-15)11-19-17-8-6-16(23)12-20(17)25-21(24(18)19)13-4-2-1-3-5-13/h1-12,21H,22-23H2/t21-/m0/s1. The van der Waals surface area contributed by atoms with Crippen molar-refractivity contribution in [1.82, 2.24) is 4.57 Å². The maximum absolute atomic E-state index is 6.48. The zero-order valence-corrected chi connectivity index (χ0v) is 14.4. The molecule has 0 aliphatic carbocycles. The van der Waals surface area contributed by atoms with E-state index >= 15 is 0 Å². The van der Waals surface area contributed by atoms with Crippen LogP contribution in [-0.2, 0) is 0 Å². The first-order chi connectivity index (χ1) is 12.2. The molecule has 5 rings (SSSR count). The van der Waals surface area contributed by atoms with Crippen LogP contribution in [0.4, 0.5) is 0 Å². The molecule has 0 saturated heterocycles. The van der Waals surface area contributed by atoms with Crippen molar-refractivity contribution in [3.63, 3.8) is 0 Å². The lowest BCUT2D eigenvalue weighted by molar-refractivity contribution is 0.173. The third kappa shape index (κ3) is 2.21. The van der Waals surface area contributed by atoms with Gasteiger partial charge >= 0.3 is 0 Å². The number of fused-ring (bicyclic) bond motifs is 5. The smallest absolute Gasteiger partial charge is 0.203 e. The van der Waals surface area contributed by atoms with Crippen molar-refractivity contribution in [1.29, 1.82) is 0 Å². The van der Waals surface area contributed by atoms with Crippen LogP contribution in [0.15, 0.2) is 72.8 Å². The summed E-state index contributed by atoms with van der Waals surface area (Å²) in [7, 11) is 4.24. The summed E-state index contributed by atoms with van der Waals surface area (Å²) in [4.78, 5) is 0. The van der Waals surface area contributed by atoms with Gasteiger partial charge in [0.15, 0.2) is 0 Å². The second-order valence-corrected chi connectivity index (χ2v) is 6.84.